The van der Waals surface area contributed by atoms with Gasteiger partial charge >= 0.3 is 0 Å². The van der Waals surface area contributed by atoms with Gasteiger partial charge in [-0.3, -0.25) is 24.3 Å². The lowest BCUT2D eigenvalue weighted by molar-refractivity contribution is 0.0684. The number of nitrogens with zero attached hydrogens (tertiary/aromatic N) is 4. The number of hydrogen-bond donors (Lipinski definition) is 1. The predicted molar refractivity (Wildman–Crippen MR) is 118 cm³/mol. The van der Waals surface area contributed by atoms with Gasteiger partial charge in [-0.05, 0) is 30.7 Å². The molecule has 32 heavy (non-hydrogen) atoms. The fraction of sp³-hybridized carbons (Fsp3) is 0.208. The Morgan fingerprint density at radius 2 is 1.88 bits per heavy atom. The molecule has 4 heterocycles. The summed E-state index contributed by atoms with van der Waals surface area (Å²) in [5.74, 6) is -0.377. The molecule has 8 nitrogen and oxygen atoms in total. The summed E-state index contributed by atoms with van der Waals surface area (Å²) in [7, 11) is 0. The molecule has 0 saturated carbocycles. The molecule has 2 aliphatic rings. The zero-order chi connectivity index (χ0) is 22.3. The van der Waals surface area contributed by atoms with E-state index in [0.717, 1.165) is 5.56 Å². The molecular weight excluding hydrogens is 408 g/mol. The number of ether oxygens (including phenoxy) is 1. The second kappa shape index (κ2) is 7.56. The number of rotatable bonds is 1. The van der Waals surface area contributed by atoms with Crippen LogP contribution in [0.4, 0.5) is 0 Å². The number of pyridine rings is 2. The molecule has 0 saturated heterocycles. The fourth-order valence-electron chi connectivity index (χ4n) is 4.31. The van der Waals surface area contributed by atoms with E-state index in [9.17, 15) is 14.7 Å². The van der Waals surface area contributed by atoms with E-state index in [1.165, 1.54) is 12.3 Å². The van der Waals surface area contributed by atoms with Gasteiger partial charge in [0.05, 0.1) is 0 Å². The van der Waals surface area contributed by atoms with Crippen molar-refractivity contribution in [2.24, 2.45) is 0 Å². The zero-order valence-corrected chi connectivity index (χ0v) is 17.5. The zero-order valence-electron chi connectivity index (χ0n) is 17.5. The minimum absolute atomic E-state index is 0.0723. The van der Waals surface area contributed by atoms with Crippen LogP contribution in [0.3, 0.4) is 0 Å². The smallest absolute Gasteiger partial charge is 0.278 e. The average Bonchev–Trinajstić information content (AvgIpc) is 2.84. The molecule has 1 N–H and O–H groups in total. The van der Waals surface area contributed by atoms with Crippen LogP contribution >= 0.6 is 0 Å². The number of carbonyl (C=O) groups excluding carboxylic acids is 1. The second-order valence-corrected chi connectivity index (χ2v) is 7.86. The van der Waals surface area contributed by atoms with Gasteiger partial charge in [-0.25, -0.2) is 0 Å². The standard InChI is InChI=1S/C24H22N4O4/c1-24(17-8-3-2-4-9-17)22-19(10-7-12-25-22)32-15-6-5-13-26-16-28(24)27-14-11-18(29)21(30)20(27)23(26)31/h2-12,14,30H,13,15-16H2,1H3/b6-5-/t24-/m1/s1. The Labute approximate surface area is 184 Å². The van der Waals surface area contributed by atoms with Crippen molar-refractivity contribution in [2.75, 3.05) is 24.8 Å². The summed E-state index contributed by atoms with van der Waals surface area (Å²) < 4.78 is 7.61. The second-order valence-electron chi connectivity index (χ2n) is 7.86. The summed E-state index contributed by atoms with van der Waals surface area (Å²) in [6.45, 7) is 2.83. The fourth-order valence-corrected chi connectivity index (χ4v) is 4.31. The Morgan fingerprint density at radius 3 is 2.69 bits per heavy atom. The van der Waals surface area contributed by atoms with E-state index in [-0.39, 0.29) is 12.4 Å². The van der Waals surface area contributed by atoms with Crippen molar-refractivity contribution in [3.8, 4) is 11.5 Å². The molecule has 2 aromatic heterocycles. The summed E-state index contributed by atoms with van der Waals surface area (Å²) in [6.07, 6.45) is 6.90. The van der Waals surface area contributed by atoms with E-state index in [1.54, 1.807) is 15.8 Å². The number of aromatic hydroxyl groups is 1. The third kappa shape index (κ3) is 2.95. The van der Waals surface area contributed by atoms with Crippen molar-refractivity contribution < 1.29 is 14.6 Å². The number of fused-ring (bicyclic) bond motifs is 5. The minimum atomic E-state index is -0.905. The molecule has 8 heteroatoms. The van der Waals surface area contributed by atoms with E-state index >= 15 is 0 Å². The van der Waals surface area contributed by atoms with Gasteiger partial charge in [0.25, 0.3) is 5.91 Å². The predicted octanol–water partition coefficient (Wildman–Crippen LogP) is 2.21. The first-order valence-electron chi connectivity index (χ1n) is 10.3. The lowest BCUT2D eigenvalue weighted by atomic mass is 9.86. The summed E-state index contributed by atoms with van der Waals surface area (Å²) in [5, 5.41) is 12.5. The molecule has 0 radical (unpaired) electrons. The third-order valence-corrected chi connectivity index (χ3v) is 6.02. The molecule has 0 unspecified atom stereocenters. The van der Waals surface area contributed by atoms with Crippen molar-refractivity contribution in [2.45, 2.75) is 12.5 Å². The molecule has 2 aliphatic heterocycles. The van der Waals surface area contributed by atoms with Gasteiger partial charge < -0.3 is 14.7 Å². The van der Waals surface area contributed by atoms with Crippen molar-refractivity contribution in [1.29, 1.82) is 0 Å². The maximum atomic E-state index is 13.2. The molecule has 1 aromatic carbocycles. The van der Waals surface area contributed by atoms with Gasteiger partial charge in [0.2, 0.25) is 5.43 Å². The molecule has 0 aliphatic carbocycles. The number of aromatic nitrogens is 2. The summed E-state index contributed by atoms with van der Waals surface area (Å²) in [4.78, 5) is 31.7. The molecular formula is C24H22N4O4. The van der Waals surface area contributed by atoms with Crippen LogP contribution in [0, 0.1) is 0 Å². The minimum Gasteiger partial charge on any atom is -0.502 e. The Hall–Kier alpha value is -4.07. The summed E-state index contributed by atoms with van der Waals surface area (Å²) in [5.41, 5.74) is -0.0159. The maximum absolute atomic E-state index is 13.2. The monoisotopic (exact) mass is 430 g/mol. The molecule has 0 spiro atoms. The topological polar surface area (TPSA) is 87.9 Å². The van der Waals surface area contributed by atoms with Crippen LogP contribution in [-0.2, 0) is 5.54 Å². The van der Waals surface area contributed by atoms with Gasteiger partial charge in [-0.15, -0.1) is 0 Å². The van der Waals surface area contributed by atoms with Gasteiger partial charge in [-0.1, -0.05) is 36.4 Å². The maximum Gasteiger partial charge on any atom is 0.278 e. The lowest BCUT2D eigenvalue weighted by Crippen LogP contribution is -2.62. The largest absolute Gasteiger partial charge is 0.502 e. The summed E-state index contributed by atoms with van der Waals surface area (Å²) in [6, 6.07) is 14.7. The van der Waals surface area contributed by atoms with Crippen molar-refractivity contribution in [1.82, 2.24) is 14.6 Å². The van der Waals surface area contributed by atoms with Crippen molar-refractivity contribution >= 4 is 5.91 Å². The molecule has 1 amide bonds. The molecule has 162 valence electrons. The Kier molecular flexibility index (Phi) is 4.70. The van der Waals surface area contributed by atoms with Gasteiger partial charge in [0.1, 0.15) is 30.3 Å². The molecule has 0 fully saturated rings. The van der Waals surface area contributed by atoms with Crippen LogP contribution in [-0.4, -0.2) is 45.4 Å². The molecule has 5 rings (SSSR count). The quantitative estimate of drug-likeness (QED) is 0.596. The average molecular weight is 430 g/mol. The van der Waals surface area contributed by atoms with Crippen molar-refractivity contribution in [3.63, 3.8) is 0 Å². The Balaban J connectivity index is 1.85. The van der Waals surface area contributed by atoms with Crippen LogP contribution < -0.4 is 15.2 Å². The number of hydrogen-bond acceptors (Lipinski definition) is 6. The van der Waals surface area contributed by atoms with E-state index in [0.29, 0.717) is 24.6 Å². The highest BCUT2D eigenvalue weighted by Crippen LogP contribution is 2.40. The first-order chi connectivity index (χ1) is 15.5. The molecule has 3 aromatic rings. The first kappa shape index (κ1) is 19.9. The third-order valence-electron chi connectivity index (χ3n) is 6.02. The van der Waals surface area contributed by atoms with E-state index in [1.807, 2.05) is 66.5 Å². The van der Waals surface area contributed by atoms with Crippen LogP contribution in [0.5, 0.6) is 11.5 Å². The highest BCUT2D eigenvalue weighted by atomic mass is 16.5. The normalized spacial score (nSPS) is 21.1. The van der Waals surface area contributed by atoms with E-state index in [4.69, 9.17) is 9.72 Å². The van der Waals surface area contributed by atoms with Crippen LogP contribution in [0.1, 0.15) is 28.7 Å². The highest BCUT2D eigenvalue weighted by Gasteiger charge is 2.45. The van der Waals surface area contributed by atoms with Crippen LogP contribution in [0.2, 0.25) is 0 Å². The van der Waals surface area contributed by atoms with Gasteiger partial charge in [0.15, 0.2) is 11.4 Å². The molecule has 2 bridgehead atoms. The number of carbonyl (C=O) groups is 1. The lowest BCUT2D eigenvalue weighted by Gasteiger charge is -2.49. The van der Waals surface area contributed by atoms with E-state index < -0.39 is 22.6 Å². The first-order valence-corrected chi connectivity index (χ1v) is 10.3. The van der Waals surface area contributed by atoms with Gasteiger partial charge in [-0.2, -0.15) is 0 Å². The number of benzene rings is 1. The van der Waals surface area contributed by atoms with E-state index in [2.05, 4.69) is 0 Å². The highest BCUT2D eigenvalue weighted by molar-refractivity contribution is 5.96. The number of amides is 1. The van der Waals surface area contributed by atoms with Crippen molar-refractivity contribution in [3.05, 3.63) is 100 Å². The van der Waals surface area contributed by atoms with Crippen LogP contribution in [0.15, 0.2) is 77.9 Å². The molecule has 1 atom stereocenters. The SMILES string of the molecule is C[C@@]1(c2ccccc2)c2ncccc2OC/C=C\CN2CN1n1ccc(=O)c(O)c1C2=O. The Bertz CT molecular complexity index is 1270. The Morgan fingerprint density at radius 1 is 1.06 bits per heavy atom. The summed E-state index contributed by atoms with van der Waals surface area (Å²) >= 11 is 0. The van der Waals surface area contributed by atoms with Gasteiger partial charge in [0, 0.05) is 25.0 Å². The van der Waals surface area contributed by atoms with Crippen LogP contribution in [0.25, 0.3) is 0 Å².